The zero-order chi connectivity index (χ0) is 6.24. The first-order valence-electron chi connectivity index (χ1n) is 2.49. The first kappa shape index (κ1) is 9.39. The summed E-state index contributed by atoms with van der Waals surface area (Å²) in [6.07, 6.45) is 0. The highest BCUT2D eigenvalue weighted by molar-refractivity contribution is 14.1. The summed E-state index contributed by atoms with van der Waals surface area (Å²) in [5.74, 6) is 2.42. The quantitative estimate of drug-likeness (QED) is 0.354. The Labute approximate surface area is 72.6 Å². The van der Waals surface area contributed by atoms with Crippen molar-refractivity contribution in [3.05, 3.63) is 0 Å². The molecular weight excluding hydrogens is 253 g/mol. The summed E-state index contributed by atoms with van der Waals surface area (Å²) >= 11 is 2.17. The standard InChI is InChI=1S/C4H10INS2/c1-2-7-8-4-3-6-5/h6H,2-4H2,1H3. The van der Waals surface area contributed by atoms with Gasteiger partial charge in [0.2, 0.25) is 0 Å². The lowest BCUT2D eigenvalue weighted by Gasteiger charge is -1.94. The average Bonchev–Trinajstić information content (AvgIpc) is 1.81. The van der Waals surface area contributed by atoms with Gasteiger partial charge in [-0.2, -0.15) is 0 Å². The second-order valence-electron chi connectivity index (χ2n) is 1.11. The van der Waals surface area contributed by atoms with Gasteiger partial charge in [-0.15, -0.1) is 0 Å². The maximum atomic E-state index is 3.06. The van der Waals surface area contributed by atoms with Gasteiger partial charge in [0.1, 0.15) is 0 Å². The number of rotatable bonds is 5. The third-order valence-corrected chi connectivity index (χ3v) is 3.50. The average molecular weight is 263 g/mol. The molecule has 50 valence electrons. The minimum atomic E-state index is 1.11. The summed E-state index contributed by atoms with van der Waals surface area (Å²) in [7, 11) is 3.85. The van der Waals surface area contributed by atoms with Crippen LogP contribution in [0, 0.1) is 0 Å². The molecule has 0 amide bonds. The fourth-order valence-electron chi connectivity index (χ4n) is 0.223. The third kappa shape index (κ3) is 7.39. The van der Waals surface area contributed by atoms with Crippen molar-refractivity contribution < 1.29 is 0 Å². The second kappa shape index (κ2) is 8.39. The Balaban J connectivity index is 2.53. The summed E-state index contributed by atoms with van der Waals surface area (Å²) < 4.78 is 3.06. The summed E-state index contributed by atoms with van der Waals surface area (Å²) in [6, 6.07) is 0. The monoisotopic (exact) mass is 263 g/mol. The molecule has 0 aromatic heterocycles. The molecule has 0 rings (SSSR count). The SMILES string of the molecule is CCSSCCNI. The second-order valence-corrected chi connectivity index (χ2v) is 4.75. The number of nitrogens with one attached hydrogen (secondary N) is 1. The van der Waals surface area contributed by atoms with Crippen LogP contribution >= 0.6 is 44.5 Å². The van der Waals surface area contributed by atoms with Crippen molar-refractivity contribution in [3.8, 4) is 0 Å². The Hall–Kier alpha value is 1.39. The van der Waals surface area contributed by atoms with Gasteiger partial charge in [-0.05, 0) is 0 Å². The van der Waals surface area contributed by atoms with E-state index >= 15 is 0 Å². The normalized spacial score (nSPS) is 9.75. The van der Waals surface area contributed by atoms with E-state index in [1.54, 1.807) is 0 Å². The molecule has 0 radical (unpaired) electrons. The van der Waals surface area contributed by atoms with Crippen LogP contribution in [-0.2, 0) is 0 Å². The van der Waals surface area contributed by atoms with Crippen LogP contribution in [0.1, 0.15) is 6.92 Å². The number of hydrogen-bond donors (Lipinski definition) is 1. The van der Waals surface area contributed by atoms with Crippen molar-refractivity contribution in [1.82, 2.24) is 3.53 Å². The van der Waals surface area contributed by atoms with Crippen molar-refractivity contribution in [2.75, 3.05) is 18.1 Å². The first-order chi connectivity index (χ1) is 3.91. The van der Waals surface area contributed by atoms with E-state index in [1.165, 1.54) is 11.5 Å². The molecule has 8 heavy (non-hydrogen) atoms. The van der Waals surface area contributed by atoms with Crippen LogP contribution in [0.2, 0.25) is 0 Å². The lowest BCUT2D eigenvalue weighted by atomic mass is 10.8. The fraction of sp³-hybridized carbons (Fsp3) is 1.00. The minimum absolute atomic E-state index is 1.11. The third-order valence-electron chi connectivity index (χ3n) is 0.481. The first-order valence-corrected chi connectivity index (χ1v) is 6.06. The molecule has 1 N–H and O–H groups in total. The Morgan fingerprint density at radius 2 is 2.25 bits per heavy atom. The molecule has 1 nitrogen and oxygen atoms in total. The van der Waals surface area contributed by atoms with E-state index in [2.05, 4.69) is 33.3 Å². The molecule has 0 spiro atoms. The van der Waals surface area contributed by atoms with Crippen molar-refractivity contribution >= 4 is 44.5 Å². The molecule has 0 atom stereocenters. The van der Waals surface area contributed by atoms with Crippen molar-refractivity contribution in [2.45, 2.75) is 6.92 Å². The Morgan fingerprint density at radius 1 is 1.50 bits per heavy atom. The van der Waals surface area contributed by atoms with Gasteiger partial charge in [0, 0.05) is 40.9 Å². The molecule has 0 aromatic carbocycles. The largest absolute Gasteiger partial charge is 0.260 e. The molecule has 0 saturated heterocycles. The summed E-state index contributed by atoms with van der Waals surface area (Å²) in [6.45, 7) is 3.29. The highest BCUT2D eigenvalue weighted by Gasteiger charge is 1.83. The van der Waals surface area contributed by atoms with E-state index in [9.17, 15) is 0 Å². The van der Waals surface area contributed by atoms with E-state index in [0.717, 1.165) is 6.54 Å². The molecule has 0 fully saturated rings. The molecule has 0 unspecified atom stereocenters. The maximum Gasteiger partial charge on any atom is 0.0170 e. The van der Waals surface area contributed by atoms with Crippen molar-refractivity contribution in [1.29, 1.82) is 0 Å². The van der Waals surface area contributed by atoms with Gasteiger partial charge in [-0.1, -0.05) is 28.5 Å². The minimum Gasteiger partial charge on any atom is -0.260 e. The van der Waals surface area contributed by atoms with Gasteiger partial charge in [0.15, 0.2) is 0 Å². The molecule has 0 saturated carbocycles. The van der Waals surface area contributed by atoms with E-state index in [-0.39, 0.29) is 0 Å². The molecule has 0 aliphatic heterocycles. The Bertz CT molecular complexity index is 39.0. The highest BCUT2D eigenvalue weighted by atomic mass is 127. The zero-order valence-corrected chi connectivity index (χ0v) is 8.61. The van der Waals surface area contributed by atoms with Gasteiger partial charge in [0.25, 0.3) is 0 Å². The van der Waals surface area contributed by atoms with Crippen molar-refractivity contribution in [2.24, 2.45) is 0 Å². The molecule has 0 heterocycles. The zero-order valence-electron chi connectivity index (χ0n) is 4.82. The van der Waals surface area contributed by atoms with E-state index in [0.29, 0.717) is 0 Å². The predicted molar refractivity (Wildman–Crippen MR) is 52.6 cm³/mol. The van der Waals surface area contributed by atoms with E-state index in [1.807, 2.05) is 21.6 Å². The van der Waals surface area contributed by atoms with Crippen LogP contribution in [0.4, 0.5) is 0 Å². The fourth-order valence-corrected chi connectivity index (χ4v) is 2.43. The predicted octanol–water partition coefficient (Wildman–Crippen LogP) is 2.33. The van der Waals surface area contributed by atoms with Crippen LogP contribution in [0.25, 0.3) is 0 Å². The number of hydrogen-bond acceptors (Lipinski definition) is 3. The molecule has 0 aliphatic carbocycles. The summed E-state index contributed by atoms with van der Waals surface area (Å²) in [4.78, 5) is 0. The van der Waals surface area contributed by atoms with Gasteiger partial charge in [-0.3, -0.25) is 3.53 Å². The van der Waals surface area contributed by atoms with E-state index < -0.39 is 0 Å². The topological polar surface area (TPSA) is 12.0 Å². The highest BCUT2D eigenvalue weighted by Crippen LogP contribution is 2.18. The van der Waals surface area contributed by atoms with E-state index in [4.69, 9.17) is 0 Å². The summed E-state index contributed by atoms with van der Waals surface area (Å²) in [5.41, 5.74) is 0. The van der Waals surface area contributed by atoms with Crippen LogP contribution in [0.3, 0.4) is 0 Å². The van der Waals surface area contributed by atoms with Gasteiger partial charge in [0.05, 0.1) is 0 Å². The molecule has 4 heteroatoms. The van der Waals surface area contributed by atoms with Gasteiger partial charge < -0.3 is 0 Å². The van der Waals surface area contributed by atoms with Crippen molar-refractivity contribution in [3.63, 3.8) is 0 Å². The van der Waals surface area contributed by atoms with Gasteiger partial charge in [-0.25, -0.2) is 0 Å². The van der Waals surface area contributed by atoms with Crippen LogP contribution in [-0.4, -0.2) is 18.1 Å². The molecule has 0 bridgehead atoms. The maximum absolute atomic E-state index is 3.06. The van der Waals surface area contributed by atoms with Crippen LogP contribution in [0.5, 0.6) is 0 Å². The van der Waals surface area contributed by atoms with Crippen LogP contribution < -0.4 is 3.53 Å². The number of halogens is 1. The van der Waals surface area contributed by atoms with Crippen LogP contribution in [0.15, 0.2) is 0 Å². The van der Waals surface area contributed by atoms with Gasteiger partial charge >= 0.3 is 0 Å². The molecule has 0 aromatic rings. The lowest BCUT2D eigenvalue weighted by molar-refractivity contribution is 1.09. The Morgan fingerprint density at radius 3 is 2.75 bits per heavy atom. The molecule has 0 aliphatic rings. The molecular formula is C4H10INS2. The lowest BCUT2D eigenvalue weighted by Crippen LogP contribution is -2.01. The Kier molecular flexibility index (Phi) is 9.85. The smallest absolute Gasteiger partial charge is 0.0170 e. The summed E-state index contributed by atoms with van der Waals surface area (Å²) in [5, 5.41) is 0.